The van der Waals surface area contributed by atoms with Crippen molar-refractivity contribution in [1.82, 2.24) is 20.4 Å². The predicted octanol–water partition coefficient (Wildman–Crippen LogP) is 4.88. The Labute approximate surface area is 219 Å². The lowest BCUT2D eigenvalue weighted by Crippen LogP contribution is -2.41. The summed E-state index contributed by atoms with van der Waals surface area (Å²) in [5.41, 5.74) is 4.55. The highest BCUT2D eigenvalue weighted by molar-refractivity contribution is 9.11. The molecular weight excluding hydrogens is 616 g/mol. The second kappa shape index (κ2) is 11.4. The number of ether oxygens (including phenoxy) is 1. The van der Waals surface area contributed by atoms with Crippen LogP contribution in [0, 0.1) is 10.7 Å². The fourth-order valence-electron chi connectivity index (χ4n) is 2.77. The van der Waals surface area contributed by atoms with Gasteiger partial charge in [-0.1, -0.05) is 27.5 Å². The van der Waals surface area contributed by atoms with Crippen LogP contribution < -0.4 is 16.2 Å². The van der Waals surface area contributed by atoms with Crippen molar-refractivity contribution in [2.75, 3.05) is 12.4 Å². The largest absolute Gasteiger partial charge is 0.452 e. The summed E-state index contributed by atoms with van der Waals surface area (Å²) in [6.07, 6.45) is 0.631. The summed E-state index contributed by atoms with van der Waals surface area (Å²) in [4.78, 5) is 41.5. The first-order chi connectivity index (χ1) is 16.3. The molecule has 10 nitrogen and oxygen atoms in total. The summed E-state index contributed by atoms with van der Waals surface area (Å²) in [6.45, 7) is 0. The molecule has 0 bridgehead atoms. The van der Waals surface area contributed by atoms with Gasteiger partial charge in [0, 0.05) is 26.9 Å². The van der Waals surface area contributed by atoms with Crippen molar-refractivity contribution in [2.24, 2.45) is 0 Å². The quantitative estimate of drug-likeness (QED) is 0.208. The first-order valence-corrected chi connectivity index (χ1v) is 11.9. The minimum Gasteiger partial charge on any atom is -0.452 e. The number of thiocyanates is 1. The summed E-state index contributed by atoms with van der Waals surface area (Å²) in [6, 6.07) is 9.42. The molecule has 0 unspecified atom stereocenters. The zero-order valence-electron chi connectivity index (χ0n) is 17.1. The zero-order valence-corrected chi connectivity index (χ0v) is 21.8. The lowest BCUT2D eigenvalue weighted by atomic mass is 10.1. The topological polar surface area (TPSA) is 138 Å². The monoisotopic (exact) mass is 626 g/mol. The molecule has 0 saturated carbocycles. The van der Waals surface area contributed by atoms with Crippen LogP contribution in [-0.2, 0) is 4.74 Å². The van der Waals surface area contributed by atoms with Crippen LogP contribution in [0.25, 0.3) is 5.82 Å². The number of benzene rings is 1. The second-order valence-electron chi connectivity index (χ2n) is 6.23. The average Bonchev–Trinajstić information content (AvgIpc) is 3.22. The molecule has 3 aromatic rings. The normalized spacial score (nSPS) is 10.2. The molecule has 174 valence electrons. The van der Waals surface area contributed by atoms with Gasteiger partial charge in [-0.25, -0.2) is 15.2 Å². The number of nitriles is 1. The van der Waals surface area contributed by atoms with Crippen LogP contribution in [-0.4, -0.2) is 34.6 Å². The van der Waals surface area contributed by atoms with E-state index in [2.05, 4.69) is 57.7 Å². The van der Waals surface area contributed by atoms with E-state index in [9.17, 15) is 14.4 Å². The molecule has 0 atom stereocenters. The van der Waals surface area contributed by atoms with Crippen LogP contribution in [0.1, 0.15) is 20.8 Å². The zero-order chi connectivity index (χ0) is 24.8. The number of nitrogens with zero attached hydrogens (tertiary/aromatic N) is 3. The third-order valence-electron chi connectivity index (χ3n) is 4.18. The molecule has 34 heavy (non-hydrogen) atoms. The van der Waals surface area contributed by atoms with Crippen LogP contribution >= 0.6 is 55.2 Å². The molecule has 0 fully saturated rings. The van der Waals surface area contributed by atoms with Crippen LogP contribution in [0.3, 0.4) is 0 Å². The van der Waals surface area contributed by atoms with E-state index >= 15 is 0 Å². The Balaban J connectivity index is 2.01. The van der Waals surface area contributed by atoms with Gasteiger partial charge >= 0.3 is 6.09 Å². The number of amides is 3. The minimum absolute atomic E-state index is 0.0339. The standard InChI is InChI=1S/C20H13Br2ClN6O4S/c1-33-20(32)28-27-18(30)11-7-10(21)8-12(22)16(11)26-19(31)14-4-5-15(34-9-24)29(14)17-13(23)3-2-6-25-17/h2-8H,1H3,(H,26,31)(H,27,30)(H,28,32). The first-order valence-electron chi connectivity index (χ1n) is 9.10. The van der Waals surface area contributed by atoms with Gasteiger partial charge in [-0.2, -0.15) is 5.26 Å². The number of methoxy groups -OCH3 is 1. The third-order valence-corrected chi connectivity index (χ3v) is 6.18. The predicted molar refractivity (Wildman–Crippen MR) is 133 cm³/mol. The summed E-state index contributed by atoms with van der Waals surface area (Å²) in [5, 5.41) is 14.5. The van der Waals surface area contributed by atoms with Gasteiger partial charge in [0.1, 0.15) is 11.1 Å². The van der Waals surface area contributed by atoms with Crippen LogP contribution in [0.4, 0.5) is 10.5 Å². The number of anilines is 1. The molecule has 14 heteroatoms. The van der Waals surface area contributed by atoms with Crippen molar-refractivity contribution >= 4 is 78.8 Å². The number of carbonyl (C=O) groups is 3. The Kier molecular flexibility index (Phi) is 8.56. The van der Waals surface area contributed by atoms with Crippen molar-refractivity contribution < 1.29 is 19.1 Å². The fraction of sp³-hybridized carbons (Fsp3) is 0.0500. The molecule has 0 spiro atoms. The van der Waals surface area contributed by atoms with E-state index in [-0.39, 0.29) is 27.8 Å². The highest BCUT2D eigenvalue weighted by atomic mass is 79.9. The number of aromatic nitrogens is 2. The molecular formula is C20H13Br2ClN6O4S. The average molecular weight is 629 g/mol. The molecule has 0 aliphatic heterocycles. The SMILES string of the molecule is COC(=O)NNC(=O)c1cc(Br)cc(Br)c1NC(=O)c1ccc(SC#N)n1-c1ncccc1Cl. The van der Waals surface area contributed by atoms with Crippen LogP contribution in [0.15, 0.2) is 56.6 Å². The van der Waals surface area contributed by atoms with Gasteiger partial charge in [0.25, 0.3) is 11.8 Å². The van der Waals surface area contributed by atoms with Crippen LogP contribution in [0.2, 0.25) is 5.02 Å². The summed E-state index contributed by atoms with van der Waals surface area (Å²) >= 11 is 13.8. The Hall–Kier alpha value is -3.05. The summed E-state index contributed by atoms with van der Waals surface area (Å²) in [5.74, 6) is -1.07. The van der Waals surface area contributed by atoms with Gasteiger partial charge < -0.3 is 10.1 Å². The van der Waals surface area contributed by atoms with E-state index in [1.807, 2.05) is 5.40 Å². The van der Waals surface area contributed by atoms with E-state index in [0.29, 0.717) is 14.0 Å². The van der Waals surface area contributed by atoms with Gasteiger partial charge in [0.2, 0.25) is 0 Å². The number of hydrazine groups is 1. The Morgan fingerprint density at radius 3 is 2.62 bits per heavy atom. The second-order valence-corrected chi connectivity index (χ2v) is 9.21. The van der Waals surface area contributed by atoms with Gasteiger partial charge in [-0.3, -0.25) is 19.6 Å². The lowest BCUT2D eigenvalue weighted by molar-refractivity contribution is 0.0921. The van der Waals surface area contributed by atoms with Gasteiger partial charge in [0.05, 0.1) is 28.4 Å². The maximum Gasteiger partial charge on any atom is 0.425 e. The van der Waals surface area contributed by atoms with Crippen molar-refractivity contribution in [3.8, 4) is 11.2 Å². The minimum atomic E-state index is -0.874. The molecule has 1 aromatic carbocycles. The maximum absolute atomic E-state index is 13.3. The van der Waals surface area contributed by atoms with Crippen molar-refractivity contribution in [3.63, 3.8) is 0 Å². The maximum atomic E-state index is 13.3. The molecule has 2 aromatic heterocycles. The molecule has 2 heterocycles. The summed E-state index contributed by atoms with van der Waals surface area (Å²) < 4.78 is 6.79. The highest BCUT2D eigenvalue weighted by Gasteiger charge is 2.23. The van der Waals surface area contributed by atoms with Gasteiger partial charge in [-0.05, 0) is 52.3 Å². The van der Waals surface area contributed by atoms with E-state index in [4.69, 9.17) is 16.9 Å². The van der Waals surface area contributed by atoms with Crippen molar-refractivity contribution in [3.05, 3.63) is 67.8 Å². The molecule has 0 aliphatic rings. The van der Waals surface area contributed by atoms with E-state index in [1.54, 1.807) is 24.3 Å². The number of nitrogens with one attached hydrogen (secondary N) is 3. The Morgan fingerprint density at radius 2 is 1.94 bits per heavy atom. The van der Waals surface area contributed by atoms with Gasteiger partial charge in [0.15, 0.2) is 5.82 Å². The first kappa shape index (κ1) is 25.6. The number of carbonyl (C=O) groups excluding carboxylic acids is 3. The number of hydrogen-bond donors (Lipinski definition) is 3. The number of pyridine rings is 1. The third kappa shape index (κ3) is 5.71. The molecule has 0 radical (unpaired) electrons. The number of halogens is 3. The number of rotatable bonds is 5. The highest BCUT2D eigenvalue weighted by Crippen LogP contribution is 2.33. The number of thioether (sulfide) groups is 1. The Morgan fingerprint density at radius 1 is 1.18 bits per heavy atom. The van der Waals surface area contributed by atoms with E-state index in [0.717, 1.165) is 18.9 Å². The fourth-order valence-corrected chi connectivity index (χ4v) is 4.80. The Bertz CT molecular complexity index is 1330. The molecule has 3 amide bonds. The summed E-state index contributed by atoms with van der Waals surface area (Å²) in [7, 11) is 1.14. The van der Waals surface area contributed by atoms with Gasteiger partial charge in [-0.15, -0.1) is 0 Å². The van der Waals surface area contributed by atoms with E-state index < -0.39 is 17.9 Å². The molecule has 3 rings (SSSR count). The van der Waals surface area contributed by atoms with Crippen molar-refractivity contribution in [2.45, 2.75) is 5.03 Å². The molecule has 3 N–H and O–H groups in total. The van der Waals surface area contributed by atoms with Crippen LogP contribution in [0.5, 0.6) is 0 Å². The van der Waals surface area contributed by atoms with Crippen molar-refractivity contribution in [1.29, 1.82) is 5.26 Å². The lowest BCUT2D eigenvalue weighted by Gasteiger charge is -2.16. The van der Waals surface area contributed by atoms with E-state index in [1.165, 1.54) is 22.9 Å². The number of hydrogen-bond acceptors (Lipinski definition) is 7. The smallest absolute Gasteiger partial charge is 0.425 e. The molecule has 0 saturated heterocycles. The molecule has 0 aliphatic carbocycles.